The molecule has 1 saturated heterocycles. The fourth-order valence-corrected chi connectivity index (χ4v) is 4.23. The molecule has 170 valence electrons. The van der Waals surface area contributed by atoms with Crippen LogP contribution < -0.4 is 15.8 Å². The van der Waals surface area contributed by atoms with Gasteiger partial charge in [0, 0.05) is 43.9 Å². The fraction of sp³-hybridized carbons (Fsp3) is 0.250. The van der Waals surface area contributed by atoms with Crippen LogP contribution in [0.1, 0.15) is 18.4 Å². The van der Waals surface area contributed by atoms with Crippen LogP contribution in [0.25, 0.3) is 26.7 Å². The van der Waals surface area contributed by atoms with Crippen LogP contribution in [-0.4, -0.2) is 48.5 Å². The first-order chi connectivity index (χ1) is 16.2. The molecular formula is C24H26N6O2S. The summed E-state index contributed by atoms with van der Waals surface area (Å²) in [6.45, 7) is 2.00. The second-order valence-corrected chi connectivity index (χ2v) is 8.17. The molecule has 1 aliphatic rings. The van der Waals surface area contributed by atoms with E-state index in [1.807, 2.05) is 29.8 Å². The summed E-state index contributed by atoms with van der Waals surface area (Å²) >= 11 is 1.60. The molecule has 4 aromatic rings. The quantitative estimate of drug-likeness (QED) is 0.411. The predicted octanol–water partition coefficient (Wildman–Crippen LogP) is 4.79. The Hall–Kier alpha value is -3.56. The summed E-state index contributed by atoms with van der Waals surface area (Å²) in [7, 11) is 3.32. The van der Waals surface area contributed by atoms with E-state index in [0.29, 0.717) is 11.6 Å². The van der Waals surface area contributed by atoms with E-state index < -0.39 is 0 Å². The number of thiazole rings is 1. The molecule has 9 heteroatoms. The van der Waals surface area contributed by atoms with Crippen molar-refractivity contribution in [3.8, 4) is 5.75 Å². The number of benzene rings is 2. The van der Waals surface area contributed by atoms with Gasteiger partial charge in [0.05, 0.1) is 33.7 Å². The maximum absolute atomic E-state index is 5.75. The van der Waals surface area contributed by atoms with Crippen molar-refractivity contribution in [2.24, 2.45) is 10.7 Å². The Bertz CT molecular complexity index is 1290. The van der Waals surface area contributed by atoms with Gasteiger partial charge in [-0.2, -0.15) is 0 Å². The minimum Gasteiger partial charge on any atom is -0.496 e. The molecule has 33 heavy (non-hydrogen) atoms. The van der Waals surface area contributed by atoms with Gasteiger partial charge in [0.25, 0.3) is 0 Å². The molecule has 3 N–H and O–H groups in total. The van der Waals surface area contributed by atoms with Crippen molar-refractivity contribution < 1.29 is 9.47 Å². The van der Waals surface area contributed by atoms with E-state index in [-0.39, 0.29) is 0 Å². The van der Waals surface area contributed by atoms with Crippen molar-refractivity contribution in [1.29, 1.82) is 0 Å². The number of nitrogens with zero attached hydrogens (tertiary/aromatic N) is 4. The lowest BCUT2D eigenvalue weighted by Crippen LogP contribution is -2.00. The van der Waals surface area contributed by atoms with Crippen LogP contribution in [0.15, 0.2) is 53.4 Å². The Kier molecular flexibility index (Phi) is 7.43. The SMILES string of the molecule is C1CCOC1.CN=C/C(=C\N)c1cc(OC)c2c(Nc3ccc4ncsc4c3)ncnc2c1. The van der Waals surface area contributed by atoms with Gasteiger partial charge in [-0.15, -0.1) is 11.3 Å². The van der Waals surface area contributed by atoms with Crippen LogP contribution in [0.4, 0.5) is 11.5 Å². The molecule has 0 unspecified atom stereocenters. The minimum atomic E-state index is 0.651. The molecule has 3 heterocycles. The summed E-state index contributed by atoms with van der Waals surface area (Å²) in [5.41, 5.74) is 11.9. The fourth-order valence-electron chi connectivity index (χ4n) is 3.51. The Morgan fingerprint density at radius 1 is 1.15 bits per heavy atom. The van der Waals surface area contributed by atoms with E-state index in [9.17, 15) is 0 Å². The van der Waals surface area contributed by atoms with Crippen LogP contribution in [0.3, 0.4) is 0 Å². The van der Waals surface area contributed by atoms with Crippen LogP contribution in [-0.2, 0) is 4.74 Å². The third kappa shape index (κ3) is 5.27. The maximum Gasteiger partial charge on any atom is 0.145 e. The lowest BCUT2D eigenvalue weighted by molar-refractivity contribution is 0.198. The zero-order valence-corrected chi connectivity index (χ0v) is 19.4. The van der Waals surface area contributed by atoms with Gasteiger partial charge in [-0.05, 0) is 48.7 Å². The third-order valence-corrected chi connectivity index (χ3v) is 5.92. The number of methoxy groups -OCH3 is 1. The number of aromatic nitrogens is 3. The number of rotatable bonds is 5. The molecule has 0 amide bonds. The van der Waals surface area contributed by atoms with E-state index in [2.05, 4.69) is 31.3 Å². The molecule has 0 atom stereocenters. The molecule has 0 saturated carbocycles. The van der Waals surface area contributed by atoms with Gasteiger partial charge in [0.2, 0.25) is 0 Å². The van der Waals surface area contributed by atoms with Gasteiger partial charge in [-0.25, -0.2) is 15.0 Å². The number of anilines is 2. The van der Waals surface area contributed by atoms with Crippen molar-refractivity contribution >= 4 is 55.7 Å². The van der Waals surface area contributed by atoms with Crippen molar-refractivity contribution in [2.45, 2.75) is 12.8 Å². The highest BCUT2D eigenvalue weighted by atomic mass is 32.1. The number of nitrogens with two attached hydrogens (primary N) is 1. The van der Waals surface area contributed by atoms with Crippen molar-refractivity contribution in [2.75, 3.05) is 32.7 Å². The van der Waals surface area contributed by atoms with Gasteiger partial charge >= 0.3 is 0 Å². The molecule has 8 nitrogen and oxygen atoms in total. The zero-order valence-electron chi connectivity index (χ0n) is 18.6. The highest BCUT2D eigenvalue weighted by Gasteiger charge is 2.14. The molecule has 0 spiro atoms. The predicted molar refractivity (Wildman–Crippen MR) is 136 cm³/mol. The summed E-state index contributed by atoms with van der Waals surface area (Å²) in [5, 5.41) is 4.17. The molecule has 0 aliphatic carbocycles. The van der Waals surface area contributed by atoms with E-state index in [1.165, 1.54) is 25.4 Å². The molecule has 0 bridgehead atoms. The molecular weight excluding hydrogens is 436 g/mol. The van der Waals surface area contributed by atoms with Crippen molar-refractivity contribution in [3.63, 3.8) is 0 Å². The molecule has 1 fully saturated rings. The van der Waals surface area contributed by atoms with Gasteiger partial charge in [-0.1, -0.05) is 0 Å². The standard InChI is InChI=1S/C20H18N6OS.C4H8O/c1-22-9-13(8-21)12-5-16-19(17(6-12)27-2)20(24-10-23-16)26-14-3-4-15-18(7-14)28-11-25-15;1-2-4-5-3-1/h3-11H,21H2,1-2H3,(H,23,24,26);1-4H2/b13-8+,22-9?;. The third-order valence-electron chi connectivity index (χ3n) is 5.12. The average molecular weight is 463 g/mol. The first kappa shape index (κ1) is 22.6. The topological polar surface area (TPSA) is 108 Å². The smallest absolute Gasteiger partial charge is 0.145 e. The number of nitrogens with one attached hydrogen (secondary N) is 1. The number of hydrogen-bond donors (Lipinski definition) is 2. The zero-order chi connectivity index (χ0) is 23.0. The van der Waals surface area contributed by atoms with Gasteiger partial charge in [0.15, 0.2) is 0 Å². The molecule has 1 aliphatic heterocycles. The largest absolute Gasteiger partial charge is 0.496 e. The first-order valence-corrected chi connectivity index (χ1v) is 11.5. The second kappa shape index (κ2) is 10.8. The van der Waals surface area contributed by atoms with E-state index in [4.69, 9.17) is 15.2 Å². The minimum absolute atomic E-state index is 0.651. The Balaban J connectivity index is 0.000000459. The summed E-state index contributed by atoms with van der Waals surface area (Å²) in [6, 6.07) is 9.86. The highest BCUT2D eigenvalue weighted by Crippen LogP contribution is 2.35. The van der Waals surface area contributed by atoms with E-state index >= 15 is 0 Å². The Morgan fingerprint density at radius 2 is 2.00 bits per heavy atom. The van der Waals surface area contributed by atoms with Crippen molar-refractivity contribution in [3.05, 3.63) is 53.9 Å². The van der Waals surface area contributed by atoms with E-state index in [0.717, 1.165) is 51.2 Å². The number of hydrogen-bond acceptors (Lipinski definition) is 9. The van der Waals surface area contributed by atoms with Crippen LogP contribution in [0.5, 0.6) is 5.75 Å². The number of ether oxygens (including phenoxy) is 2. The van der Waals surface area contributed by atoms with Crippen LogP contribution in [0, 0.1) is 0 Å². The average Bonchev–Trinajstić information content (AvgIpc) is 3.57. The van der Waals surface area contributed by atoms with Crippen LogP contribution >= 0.6 is 11.3 Å². The lowest BCUT2D eigenvalue weighted by Gasteiger charge is -2.13. The first-order valence-electron chi connectivity index (χ1n) is 10.6. The Morgan fingerprint density at radius 3 is 2.70 bits per heavy atom. The van der Waals surface area contributed by atoms with Crippen molar-refractivity contribution in [1.82, 2.24) is 15.0 Å². The lowest BCUT2D eigenvalue weighted by atomic mass is 10.0. The monoisotopic (exact) mass is 462 g/mol. The summed E-state index contributed by atoms with van der Waals surface area (Å²) in [6.07, 6.45) is 7.29. The number of fused-ring (bicyclic) bond motifs is 2. The molecule has 0 radical (unpaired) electrons. The summed E-state index contributed by atoms with van der Waals surface area (Å²) in [5.74, 6) is 1.32. The maximum atomic E-state index is 5.75. The van der Waals surface area contributed by atoms with Gasteiger partial charge < -0.3 is 20.5 Å². The summed E-state index contributed by atoms with van der Waals surface area (Å²) in [4.78, 5) is 17.2. The van der Waals surface area contributed by atoms with Crippen LogP contribution in [0.2, 0.25) is 0 Å². The van der Waals surface area contributed by atoms with E-state index in [1.54, 1.807) is 31.7 Å². The number of aliphatic imine (C=N–C) groups is 1. The molecule has 2 aromatic heterocycles. The van der Waals surface area contributed by atoms with Gasteiger partial charge in [0.1, 0.15) is 17.9 Å². The van der Waals surface area contributed by atoms with Gasteiger partial charge in [-0.3, -0.25) is 4.99 Å². The highest BCUT2D eigenvalue weighted by molar-refractivity contribution is 7.16. The summed E-state index contributed by atoms with van der Waals surface area (Å²) < 4.78 is 11.7. The normalized spacial score (nSPS) is 13.9. The Labute approximate surface area is 196 Å². The number of allylic oxidation sites excluding steroid dienone is 1. The second-order valence-electron chi connectivity index (χ2n) is 7.28. The molecule has 2 aromatic carbocycles. The molecule has 5 rings (SSSR count).